The molecule has 0 saturated heterocycles. The molecule has 0 unspecified atom stereocenters. The van der Waals surface area contributed by atoms with Gasteiger partial charge < -0.3 is 10.0 Å². The molecule has 0 fully saturated rings. The van der Waals surface area contributed by atoms with E-state index in [0.717, 1.165) is 17.9 Å². The number of likely N-dealkylation sites (N-methyl/N-ethyl adjacent to an activating group) is 1. The van der Waals surface area contributed by atoms with Gasteiger partial charge in [-0.2, -0.15) is 0 Å². The molecule has 1 heterocycles. The SMILES string of the molecule is CN(C)CCn1c(O)csc1=O. The van der Waals surface area contributed by atoms with Crippen molar-refractivity contribution in [3.05, 3.63) is 15.0 Å². The molecule has 0 bridgehead atoms. The van der Waals surface area contributed by atoms with Gasteiger partial charge in [0, 0.05) is 13.1 Å². The summed E-state index contributed by atoms with van der Waals surface area (Å²) < 4.78 is 1.37. The third kappa shape index (κ3) is 2.09. The molecule has 0 aromatic carbocycles. The predicted octanol–water partition coefficient (Wildman–Crippen LogP) is 0.177. The molecule has 5 heteroatoms. The molecular weight excluding hydrogens is 176 g/mol. The minimum Gasteiger partial charge on any atom is -0.494 e. The number of rotatable bonds is 3. The van der Waals surface area contributed by atoms with Crippen LogP contribution >= 0.6 is 11.3 Å². The van der Waals surface area contributed by atoms with E-state index in [1.54, 1.807) is 0 Å². The Labute approximate surface area is 74.7 Å². The zero-order valence-electron chi connectivity index (χ0n) is 7.15. The Bertz CT molecular complexity index is 303. The van der Waals surface area contributed by atoms with E-state index >= 15 is 0 Å². The minimum atomic E-state index is -0.102. The van der Waals surface area contributed by atoms with Crippen molar-refractivity contribution in [2.24, 2.45) is 0 Å². The lowest BCUT2D eigenvalue weighted by molar-refractivity contribution is 0.354. The third-order valence-electron chi connectivity index (χ3n) is 1.53. The lowest BCUT2D eigenvalue weighted by Gasteiger charge is -2.09. The van der Waals surface area contributed by atoms with E-state index in [-0.39, 0.29) is 10.8 Å². The van der Waals surface area contributed by atoms with E-state index in [1.165, 1.54) is 9.95 Å². The molecule has 0 amide bonds. The molecule has 4 nitrogen and oxygen atoms in total. The van der Waals surface area contributed by atoms with Crippen LogP contribution in [0.2, 0.25) is 0 Å². The highest BCUT2D eigenvalue weighted by molar-refractivity contribution is 7.07. The second kappa shape index (κ2) is 3.73. The van der Waals surface area contributed by atoms with Crippen LogP contribution in [0.3, 0.4) is 0 Å². The Morgan fingerprint density at radius 3 is 2.75 bits per heavy atom. The molecular formula is C7H12N2O2S. The van der Waals surface area contributed by atoms with Crippen LogP contribution in [0.25, 0.3) is 0 Å². The molecule has 1 N–H and O–H groups in total. The van der Waals surface area contributed by atoms with Crippen LogP contribution in [0.4, 0.5) is 0 Å². The van der Waals surface area contributed by atoms with E-state index < -0.39 is 0 Å². The topological polar surface area (TPSA) is 45.5 Å². The summed E-state index contributed by atoms with van der Waals surface area (Å²) >= 11 is 1.02. The summed E-state index contributed by atoms with van der Waals surface area (Å²) in [6.07, 6.45) is 0. The molecule has 1 aromatic rings. The summed E-state index contributed by atoms with van der Waals surface area (Å²) in [5.41, 5.74) is 0. The second-order valence-corrected chi connectivity index (χ2v) is 3.64. The Kier molecular flexibility index (Phi) is 2.88. The van der Waals surface area contributed by atoms with Crippen LogP contribution < -0.4 is 4.87 Å². The summed E-state index contributed by atoms with van der Waals surface area (Å²) in [5.74, 6) is 0.0619. The van der Waals surface area contributed by atoms with Gasteiger partial charge in [-0.15, -0.1) is 0 Å². The number of nitrogens with zero attached hydrogens (tertiary/aromatic N) is 2. The zero-order chi connectivity index (χ0) is 9.14. The fourth-order valence-corrected chi connectivity index (χ4v) is 1.48. The Balaban J connectivity index is 2.68. The molecule has 0 aliphatic carbocycles. The summed E-state index contributed by atoms with van der Waals surface area (Å²) in [4.78, 5) is 12.9. The number of hydrogen-bond acceptors (Lipinski definition) is 4. The summed E-state index contributed by atoms with van der Waals surface area (Å²) in [7, 11) is 3.85. The zero-order valence-corrected chi connectivity index (χ0v) is 7.97. The standard InChI is InChI=1S/C7H12N2O2S/c1-8(2)3-4-9-6(10)5-12-7(9)11/h5,10H,3-4H2,1-2H3. The quantitative estimate of drug-likeness (QED) is 0.736. The van der Waals surface area contributed by atoms with Gasteiger partial charge in [0.05, 0.1) is 5.38 Å². The molecule has 0 radical (unpaired) electrons. The van der Waals surface area contributed by atoms with Crippen LogP contribution in [0.5, 0.6) is 5.88 Å². The average molecular weight is 188 g/mol. The first-order valence-corrected chi connectivity index (χ1v) is 4.51. The molecule has 0 aliphatic rings. The first-order valence-electron chi connectivity index (χ1n) is 3.63. The molecule has 1 rings (SSSR count). The molecule has 0 saturated carbocycles. The molecule has 68 valence electrons. The van der Waals surface area contributed by atoms with Gasteiger partial charge in [-0.3, -0.25) is 9.36 Å². The monoisotopic (exact) mass is 188 g/mol. The van der Waals surface area contributed by atoms with Crippen molar-refractivity contribution >= 4 is 11.3 Å². The van der Waals surface area contributed by atoms with Gasteiger partial charge in [0.15, 0.2) is 0 Å². The maximum Gasteiger partial charge on any atom is 0.310 e. The maximum atomic E-state index is 11.1. The summed E-state index contributed by atoms with van der Waals surface area (Å²) in [5, 5.41) is 10.7. The second-order valence-electron chi connectivity index (χ2n) is 2.81. The molecule has 0 atom stereocenters. The van der Waals surface area contributed by atoms with Crippen molar-refractivity contribution in [1.29, 1.82) is 0 Å². The maximum absolute atomic E-state index is 11.1. The van der Waals surface area contributed by atoms with Crippen LogP contribution in [-0.2, 0) is 6.54 Å². The van der Waals surface area contributed by atoms with Gasteiger partial charge in [0.25, 0.3) is 0 Å². The third-order valence-corrected chi connectivity index (χ3v) is 2.28. The van der Waals surface area contributed by atoms with E-state index in [4.69, 9.17) is 0 Å². The fraction of sp³-hybridized carbons (Fsp3) is 0.571. The molecule has 0 aliphatic heterocycles. The van der Waals surface area contributed by atoms with Crippen molar-refractivity contribution < 1.29 is 5.11 Å². The molecule has 0 spiro atoms. The smallest absolute Gasteiger partial charge is 0.310 e. The highest BCUT2D eigenvalue weighted by Gasteiger charge is 2.03. The number of aromatic hydroxyl groups is 1. The van der Waals surface area contributed by atoms with E-state index in [2.05, 4.69) is 0 Å². The first kappa shape index (κ1) is 9.28. The van der Waals surface area contributed by atoms with Crippen LogP contribution in [0.1, 0.15) is 0 Å². The minimum absolute atomic E-state index is 0.0619. The van der Waals surface area contributed by atoms with Crippen LogP contribution in [-0.4, -0.2) is 35.2 Å². The van der Waals surface area contributed by atoms with E-state index in [0.29, 0.717) is 6.54 Å². The Morgan fingerprint density at radius 2 is 2.33 bits per heavy atom. The van der Waals surface area contributed by atoms with Crippen LogP contribution in [0.15, 0.2) is 10.2 Å². The highest BCUT2D eigenvalue weighted by Crippen LogP contribution is 2.07. The van der Waals surface area contributed by atoms with Gasteiger partial charge >= 0.3 is 4.87 Å². The lowest BCUT2D eigenvalue weighted by atomic mass is 10.5. The van der Waals surface area contributed by atoms with Crippen LogP contribution in [0, 0.1) is 0 Å². The summed E-state index contributed by atoms with van der Waals surface area (Å²) in [6, 6.07) is 0. The molecule has 12 heavy (non-hydrogen) atoms. The van der Waals surface area contributed by atoms with Gasteiger partial charge in [-0.05, 0) is 14.1 Å². The van der Waals surface area contributed by atoms with Gasteiger partial charge in [-0.25, -0.2) is 0 Å². The lowest BCUT2D eigenvalue weighted by Crippen LogP contribution is -2.22. The predicted molar refractivity (Wildman–Crippen MR) is 48.8 cm³/mol. The largest absolute Gasteiger partial charge is 0.494 e. The Hall–Kier alpha value is -0.810. The van der Waals surface area contributed by atoms with Gasteiger partial charge in [-0.1, -0.05) is 11.3 Å². The van der Waals surface area contributed by atoms with E-state index in [9.17, 15) is 9.90 Å². The normalized spacial score (nSPS) is 10.9. The summed E-state index contributed by atoms with van der Waals surface area (Å²) in [6.45, 7) is 1.30. The molecule has 1 aromatic heterocycles. The van der Waals surface area contributed by atoms with Crippen molar-refractivity contribution in [1.82, 2.24) is 9.47 Å². The first-order chi connectivity index (χ1) is 5.61. The van der Waals surface area contributed by atoms with Crippen molar-refractivity contribution in [3.8, 4) is 5.88 Å². The highest BCUT2D eigenvalue weighted by atomic mass is 32.1. The fourth-order valence-electron chi connectivity index (χ4n) is 0.830. The van der Waals surface area contributed by atoms with E-state index in [1.807, 2.05) is 19.0 Å². The van der Waals surface area contributed by atoms with Gasteiger partial charge in [0.1, 0.15) is 0 Å². The number of aromatic nitrogens is 1. The average Bonchev–Trinajstić information content (AvgIpc) is 2.28. The van der Waals surface area contributed by atoms with Crippen molar-refractivity contribution in [2.75, 3.05) is 20.6 Å². The number of hydrogen-bond donors (Lipinski definition) is 1. The van der Waals surface area contributed by atoms with Crippen molar-refractivity contribution in [3.63, 3.8) is 0 Å². The number of thiazole rings is 1. The van der Waals surface area contributed by atoms with Gasteiger partial charge in [0.2, 0.25) is 5.88 Å². The van der Waals surface area contributed by atoms with Crippen molar-refractivity contribution in [2.45, 2.75) is 6.54 Å². The Morgan fingerprint density at radius 1 is 1.67 bits per heavy atom.